The number of benzene rings is 1. The number of amides is 2. The minimum Gasteiger partial charge on any atom is -0.495 e. The fourth-order valence-electron chi connectivity index (χ4n) is 3.60. The van der Waals surface area contributed by atoms with Crippen LogP contribution in [0.3, 0.4) is 0 Å². The monoisotopic (exact) mass is 386 g/mol. The van der Waals surface area contributed by atoms with Crippen LogP contribution in [-0.4, -0.2) is 49.0 Å². The third kappa shape index (κ3) is 6.24. The Hall–Kier alpha value is -2.59. The van der Waals surface area contributed by atoms with Gasteiger partial charge in [-0.3, -0.25) is 14.5 Å². The molecule has 2 rings (SSSR count). The van der Waals surface area contributed by atoms with Crippen molar-refractivity contribution in [2.45, 2.75) is 51.0 Å². The van der Waals surface area contributed by atoms with Crippen molar-refractivity contribution in [2.24, 2.45) is 0 Å². The molecule has 7 heteroatoms. The Morgan fingerprint density at radius 2 is 1.86 bits per heavy atom. The quantitative estimate of drug-likeness (QED) is 0.680. The van der Waals surface area contributed by atoms with Crippen molar-refractivity contribution in [1.29, 1.82) is 5.26 Å². The molecule has 7 nitrogen and oxygen atoms in total. The van der Waals surface area contributed by atoms with Gasteiger partial charge >= 0.3 is 0 Å². The number of methoxy groups -OCH3 is 1. The zero-order chi connectivity index (χ0) is 20.4. The molecule has 152 valence electrons. The van der Waals surface area contributed by atoms with Crippen LogP contribution in [0.5, 0.6) is 5.75 Å². The molecule has 0 atom stereocenters. The molecule has 2 N–H and O–H groups in total. The van der Waals surface area contributed by atoms with E-state index >= 15 is 0 Å². The van der Waals surface area contributed by atoms with E-state index in [4.69, 9.17) is 4.74 Å². The van der Waals surface area contributed by atoms with Crippen LogP contribution >= 0.6 is 0 Å². The first-order chi connectivity index (χ1) is 13.5. The lowest BCUT2D eigenvalue weighted by molar-refractivity contribution is -0.124. The molecule has 28 heavy (non-hydrogen) atoms. The summed E-state index contributed by atoms with van der Waals surface area (Å²) in [5.41, 5.74) is -0.158. The molecule has 0 saturated heterocycles. The van der Waals surface area contributed by atoms with Gasteiger partial charge in [0.25, 0.3) is 0 Å². The maximum absolute atomic E-state index is 12.5. The number of nitrogens with one attached hydrogen (secondary N) is 2. The zero-order valence-corrected chi connectivity index (χ0v) is 16.8. The van der Waals surface area contributed by atoms with Crippen LogP contribution in [0.15, 0.2) is 24.3 Å². The summed E-state index contributed by atoms with van der Waals surface area (Å²) in [5, 5.41) is 15.3. The van der Waals surface area contributed by atoms with Crippen molar-refractivity contribution in [3.63, 3.8) is 0 Å². The summed E-state index contributed by atoms with van der Waals surface area (Å²) >= 11 is 0. The average molecular weight is 386 g/mol. The van der Waals surface area contributed by atoms with Crippen LogP contribution in [0.25, 0.3) is 0 Å². The maximum Gasteiger partial charge on any atom is 0.238 e. The maximum atomic E-state index is 12.5. The summed E-state index contributed by atoms with van der Waals surface area (Å²) in [6.45, 7) is 2.81. The standard InChI is InChI=1S/C21H30N4O3/c1-3-13-25(14-19(26)23-17-9-5-6-10-18(17)28-2)15-20(27)24-21(16-22)11-7-4-8-12-21/h5-6,9-10H,3-4,7-8,11-15H2,1-2H3,(H,23,26)(H,24,27). The smallest absolute Gasteiger partial charge is 0.238 e. The normalized spacial score (nSPS) is 15.5. The molecule has 1 aromatic carbocycles. The molecule has 1 saturated carbocycles. The van der Waals surface area contributed by atoms with E-state index < -0.39 is 5.54 Å². The van der Waals surface area contributed by atoms with E-state index in [2.05, 4.69) is 16.7 Å². The van der Waals surface area contributed by atoms with E-state index in [-0.39, 0.29) is 24.9 Å². The number of anilines is 1. The van der Waals surface area contributed by atoms with Crippen molar-refractivity contribution in [2.75, 3.05) is 32.1 Å². The number of para-hydroxylation sites is 2. The Kier molecular flexibility index (Phi) is 8.27. The molecule has 0 aliphatic heterocycles. The van der Waals surface area contributed by atoms with Gasteiger partial charge < -0.3 is 15.4 Å². The second-order valence-electron chi connectivity index (χ2n) is 7.26. The first kappa shape index (κ1) is 21.7. The molecular formula is C21H30N4O3. The van der Waals surface area contributed by atoms with Crippen LogP contribution in [-0.2, 0) is 9.59 Å². The molecule has 1 aromatic rings. The topological polar surface area (TPSA) is 94.5 Å². The molecule has 0 aromatic heterocycles. The van der Waals surface area contributed by atoms with E-state index in [9.17, 15) is 14.9 Å². The number of rotatable bonds is 9. The first-order valence-corrected chi connectivity index (χ1v) is 9.89. The summed E-state index contributed by atoms with van der Waals surface area (Å²) in [5.74, 6) is 0.171. The highest BCUT2D eigenvalue weighted by Gasteiger charge is 2.33. The van der Waals surface area contributed by atoms with Gasteiger partial charge in [0.1, 0.15) is 11.3 Å². The molecule has 2 amide bonds. The van der Waals surface area contributed by atoms with E-state index in [1.54, 1.807) is 24.1 Å². The molecule has 1 aliphatic rings. The SMILES string of the molecule is CCCN(CC(=O)Nc1ccccc1OC)CC(=O)NC1(C#N)CCCCC1. The lowest BCUT2D eigenvalue weighted by Gasteiger charge is -2.32. The van der Waals surface area contributed by atoms with Gasteiger partial charge in [-0.2, -0.15) is 5.26 Å². The third-order valence-electron chi connectivity index (χ3n) is 4.96. The average Bonchev–Trinajstić information content (AvgIpc) is 2.69. The van der Waals surface area contributed by atoms with Gasteiger partial charge in [-0.15, -0.1) is 0 Å². The summed E-state index contributed by atoms with van der Waals surface area (Å²) in [6, 6.07) is 9.50. The number of hydrogen-bond donors (Lipinski definition) is 2. The van der Waals surface area contributed by atoms with Crippen LogP contribution in [0.4, 0.5) is 5.69 Å². The van der Waals surface area contributed by atoms with Crippen LogP contribution in [0, 0.1) is 11.3 Å². The predicted molar refractivity (Wildman–Crippen MR) is 108 cm³/mol. The summed E-state index contributed by atoms with van der Waals surface area (Å²) < 4.78 is 5.25. The van der Waals surface area contributed by atoms with Gasteiger partial charge in [-0.25, -0.2) is 0 Å². The first-order valence-electron chi connectivity index (χ1n) is 9.89. The molecule has 1 aliphatic carbocycles. The molecule has 1 fully saturated rings. The van der Waals surface area contributed by atoms with Crippen molar-refractivity contribution in [3.8, 4) is 11.8 Å². The Labute approximate surface area is 167 Å². The second-order valence-corrected chi connectivity index (χ2v) is 7.26. The fraction of sp³-hybridized carbons (Fsp3) is 0.571. The van der Waals surface area contributed by atoms with E-state index in [1.165, 1.54) is 0 Å². The highest BCUT2D eigenvalue weighted by atomic mass is 16.5. The Bertz CT molecular complexity index is 708. The Balaban J connectivity index is 1.93. The minimum absolute atomic E-state index is 0.0939. The van der Waals surface area contributed by atoms with Gasteiger partial charge in [0.15, 0.2) is 0 Å². The molecule has 0 bridgehead atoms. The number of carbonyl (C=O) groups excluding carboxylic acids is 2. The van der Waals surface area contributed by atoms with Gasteiger partial charge in [0.2, 0.25) is 11.8 Å². The number of nitriles is 1. The van der Waals surface area contributed by atoms with Gasteiger partial charge in [0.05, 0.1) is 32.0 Å². The highest BCUT2D eigenvalue weighted by molar-refractivity contribution is 5.94. The number of ether oxygens (including phenoxy) is 1. The molecule has 0 radical (unpaired) electrons. The van der Waals surface area contributed by atoms with E-state index in [1.807, 2.05) is 19.1 Å². The van der Waals surface area contributed by atoms with E-state index in [0.29, 0.717) is 30.8 Å². The Morgan fingerprint density at radius 1 is 1.18 bits per heavy atom. The molecular weight excluding hydrogens is 356 g/mol. The van der Waals surface area contributed by atoms with Crippen molar-refractivity contribution >= 4 is 17.5 Å². The van der Waals surface area contributed by atoms with Gasteiger partial charge in [-0.05, 0) is 37.9 Å². The van der Waals surface area contributed by atoms with Crippen molar-refractivity contribution in [1.82, 2.24) is 10.2 Å². The second kappa shape index (κ2) is 10.7. The molecule has 0 unspecified atom stereocenters. The predicted octanol–water partition coefficient (Wildman–Crippen LogP) is 2.69. The summed E-state index contributed by atoms with van der Waals surface area (Å²) in [7, 11) is 1.55. The molecule has 0 spiro atoms. The lowest BCUT2D eigenvalue weighted by atomic mass is 9.83. The number of nitrogens with zero attached hydrogens (tertiary/aromatic N) is 2. The number of carbonyl (C=O) groups is 2. The zero-order valence-electron chi connectivity index (χ0n) is 16.8. The largest absolute Gasteiger partial charge is 0.495 e. The summed E-state index contributed by atoms with van der Waals surface area (Å²) in [6.07, 6.45) is 5.21. The third-order valence-corrected chi connectivity index (χ3v) is 4.96. The summed E-state index contributed by atoms with van der Waals surface area (Å²) in [4.78, 5) is 26.8. The van der Waals surface area contributed by atoms with Crippen LogP contribution < -0.4 is 15.4 Å². The lowest BCUT2D eigenvalue weighted by Crippen LogP contribution is -2.52. The highest BCUT2D eigenvalue weighted by Crippen LogP contribution is 2.27. The van der Waals surface area contributed by atoms with Crippen LogP contribution in [0.2, 0.25) is 0 Å². The molecule has 0 heterocycles. The minimum atomic E-state index is -0.757. The van der Waals surface area contributed by atoms with Gasteiger partial charge in [-0.1, -0.05) is 38.3 Å². The van der Waals surface area contributed by atoms with E-state index in [0.717, 1.165) is 25.7 Å². The van der Waals surface area contributed by atoms with Crippen LogP contribution in [0.1, 0.15) is 45.4 Å². The van der Waals surface area contributed by atoms with Gasteiger partial charge in [0, 0.05) is 0 Å². The Morgan fingerprint density at radius 3 is 2.50 bits per heavy atom. The van der Waals surface area contributed by atoms with Crippen molar-refractivity contribution in [3.05, 3.63) is 24.3 Å². The van der Waals surface area contributed by atoms with Crippen molar-refractivity contribution < 1.29 is 14.3 Å². The fourth-order valence-corrected chi connectivity index (χ4v) is 3.60. The number of hydrogen-bond acceptors (Lipinski definition) is 5.